The lowest BCUT2D eigenvalue weighted by Gasteiger charge is -2.55. The maximum absolute atomic E-state index is 13.6. The normalized spacial score (nSPS) is 24.0. The molecular formula is C26H38FN5O3. The van der Waals surface area contributed by atoms with Gasteiger partial charge in [-0.1, -0.05) is 51.2 Å². The second kappa shape index (κ2) is 11.4. The van der Waals surface area contributed by atoms with Crippen molar-refractivity contribution in [1.29, 1.82) is 0 Å². The summed E-state index contributed by atoms with van der Waals surface area (Å²) in [5.74, 6) is 0.0496. The predicted octanol–water partition coefficient (Wildman–Crippen LogP) is 3.33. The van der Waals surface area contributed by atoms with Crippen molar-refractivity contribution in [2.75, 3.05) is 26.7 Å². The highest BCUT2D eigenvalue weighted by Crippen LogP contribution is 2.31. The summed E-state index contributed by atoms with van der Waals surface area (Å²) in [6.45, 7) is 3.37. The molecule has 3 aliphatic rings. The Morgan fingerprint density at radius 1 is 1.11 bits per heavy atom. The third-order valence-corrected chi connectivity index (χ3v) is 7.54. The molecule has 9 heteroatoms. The number of urea groups is 1. The molecule has 0 radical (unpaired) electrons. The number of rotatable bonds is 7. The fraction of sp³-hybridized carbons (Fsp3) is 0.654. The van der Waals surface area contributed by atoms with Crippen LogP contribution >= 0.6 is 0 Å². The minimum atomic E-state index is -0.544. The molecule has 0 aromatic heterocycles. The van der Waals surface area contributed by atoms with Crippen molar-refractivity contribution in [3.63, 3.8) is 0 Å². The van der Waals surface area contributed by atoms with Crippen LogP contribution in [-0.4, -0.2) is 76.6 Å². The average Bonchev–Trinajstić information content (AvgIpc) is 2.84. The van der Waals surface area contributed by atoms with E-state index in [-0.39, 0.29) is 36.8 Å². The average molecular weight is 488 g/mol. The molecule has 192 valence electrons. The van der Waals surface area contributed by atoms with E-state index in [0.717, 1.165) is 31.2 Å². The van der Waals surface area contributed by atoms with Crippen LogP contribution in [0.15, 0.2) is 24.3 Å². The molecule has 3 fully saturated rings. The zero-order valence-corrected chi connectivity index (χ0v) is 20.9. The van der Waals surface area contributed by atoms with Crippen LogP contribution in [-0.2, 0) is 16.1 Å². The summed E-state index contributed by atoms with van der Waals surface area (Å²) in [5, 5.41) is 6.15. The van der Waals surface area contributed by atoms with Gasteiger partial charge in [0.05, 0.1) is 13.1 Å². The van der Waals surface area contributed by atoms with Crippen molar-refractivity contribution in [1.82, 2.24) is 25.1 Å². The summed E-state index contributed by atoms with van der Waals surface area (Å²) in [7, 11) is 1.73. The van der Waals surface area contributed by atoms with Gasteiger partial charge in [-0.2, -0.15) is 0 Å². The Balaban J connectivity index is 1.54. The van der Waals surface area contributed by atoms with Gasteiger partial charge < -0.3 is 15.1 Å². The van der Waals surface area contributed by atoms with Crippen molar-refractivity contribution in [2.24, 2.45) is 5.92 Å². The molecule has 2 heterocycles. The van der Waals surface area contributed by atoms with Crippen LogP contribution in [0.1, 0.15) is 63.9 Å². The van der Waals surface area contributed by atoms with E-state index in [1.54, 1.807) is 34.1 Å². The van der Waals surface area contributed by atoms with Gasteiger partial charge in [0, 0.05) is 20.1 Å². The Kier molecular flexibility index (Phi) is 8.26. The maximum atomic E-state index is 13.6. The fourth-order valence-electron chi connectivity index (χ4n) is 5.69. The standard InChI is InChI=1S/C26H38FN5O3/c1-3-4-10-22-25(34)30(16-20-8-6-5-7-9-20)17-23-31(22)24(33)18-29(2)32(23)26(35)28-15-19-11-13-21(27)14-12-19/h11-14,20,22-23H,3-10,15-18H2,1-2H3,(H,28,35)/t22-,23-/m0/s1. The molecule has 1 aromatic rings. The van der Waals surface area contributed by atoms with Crippen LogP contribution in [0.5, 0.6) is 0 Å². The number of fused-ring (bicyclic) bond motifs is 1. The van der Waals surface area contributed by atoms with Crippen LogP contribution in [0, 0.1) is 11.7 Å². The van der Waals surface area contributed by atoms with Gasteiger partial charge in [0.15, 0.2) is 0 Å². The summed E-state index contributed by atoms with van der Waals surface area (Å²) in [4.78, 5) is 43.7. The number of unbranched alkanes of at least 4 members (excludes halogenated alkanes) is 1. The molecule has 0 spiro atoms. The number of carbonyl (C=O) groups excluding carboxylic acids is 3. The SMILES string of the molecule is CCCC[C@H]1C(=O)N(CC2CCCCC2)C[C@H]2N1C(=O)CN(C)N2C(=O)NCc1ccc(F)cc1. The van der Waals surface area contributed by atoms with Gasteiger partial charge in [-0.05, 0) is 42.9 Å². The number of halogens is 1. The largest absolute Gasteiger partial charge is 0.337 e. The van der Waals surface area contributed by atoms with Gasteiger partial charge >= 0.3 is 6.03 Å². The number of hydrogen-bond donors (Lipinski definition) is 1. The molecular weight excluding hydrogens is 449 g/mol. The van der Waals surface area contributed by atoms with Crippen LogP contribution < -0.4 is 5.32 Å². The number of nitrogens with one attached hydrogen (secondary N) is 1. The highest BCUT2D eigenvalue weighted by Gasteiger charge is 2.50. The second-order valence-corrected chi connectivity index (χ2v) is 10.1. The van der Waals surface area contributed by atoms with E-state index in [1.807, 2.05) is 4.90 Å². The summed E-state index contributed by atoms with van der Waals surface area (Å²) in [5.41, 5.74) is 0.783. The summed E-state index contributed by atoms with van der Waals surface area (Å²) < 4.78 is 13.2. The number of nitrogens with zero attached hydrogens (tertiary/aromatic N) is 4. The molecule has 1 aliphatic carbocycles. The first kappa shape index (κ1) is 25.4. The van der Waals surface area contributed by atoms with Crippen molar-refractivity contribution in [3.8, 4) is 0 Å². The van der Waals surface area contributed by atoms with Gasteiger partial charge in [-0.3, -0.25) is 9.59 Å². The first-order valence-electron chi connectivity index (χ1n) is 13.0. The van der Waals surface area contributed by atoms with Crippen molar-refractivity contribution in [3.05, 3.63) is 35.6 Å². The molecule has 0 bridgehead atoms. The lowest BCUT2D eigenvalue weighted by atomic mass is 9.88. The van der Waals surface area contributed by atoms with E-state index in [0.29, 0.717) is 25.4 Å². The number of hydrazine groups is 1. The van der Waals surface area contributed by atoms with Crippen LogP contribution in [0.4, 0.5) is 9.18 Å². The molecule has 2 atom stereocenters. The molecule has 1 aromatic carbocycles. The van der Waals surface area contributed by atoms with E-state index in [1.165, 1.54) is 31.4 Å². The van der Waals surface area contributed by atoms with E-state index >= 15 is 0 Å². The smallest absolute Gasteiger partial charge is 0.334 e. The van der Waals surface area contributed by atoms with Crippen LogP contribution in [0.2, 0.25) is 0 Å². The molecule has 8 nitrogen and oxygen atoms in total. The first-order valence-corrected chi connectivity index (χ1v) is 13.0. The minimum absolute atomic E-state index is 0.0184. The van der Waals surface area contributed by atoms with Crippen molar-refractivity contribution >= 4 is 17.8 Å². The zero-order valence-electron chi connectivity index (χ0n) is 20.9. The zero-order chi connectivity index (χ0) is 24.9. The highest BCUT2D eigenvalue weighted by atomic mass is 19.1. The Labute approximate surface area is 207 Å². The Morgan fingerprint density at radius 3 is 2.51 bits per heavy atom. The van der Waals surface area contributed by atoms with Gasteiger partial charge in [0.25, 0.3) is 0 Å². The van der Waals surface area contributed by atoms with Gasteiger partial charge in [0.1, 0.15) is 18.0 Å². The minimum Gasteiger partial charge on any atom is -0.337 e. The third kappa shape index (κ3) is 5.77. The maximum Gasteiger partial charge on any atom is 0.334 e. The number of likely N-dealkylation sites (N-methyl/N-ethyl adjacent to an activating group) is 1. The topological polar surface area (TPSA) is 76.2 Å². The number of benzene rings is 1. The van der Waals surface area contributed by atoms with E-state index in [4.69, 9.17) is 0 Å². The van der Waals surface area contributed by atoms with Crippen LogP contribution in [0.25, 0.3) is 0 Å². The Morgan fingerprint density at radius 2 is 1.83 bits per heavy atom. The fourth-order valence-corrected chi connectivity index (χ4v) is 5.69. The van der Waals surface area contributed by atoms with Crippen molar-refractivity contribution < 1.29 is 18.8 Å². The van der Waals surface area contributed by atoms with E-state index in [2.05, 4.69) is 12.2 Å². The number of hydrogen-bond acceptors (Lipinski definition) is 4. The summed E-state index contributed by atoms with van der Waals surface area (Å²) in [6.07, 6.45) is 7.72. The lowest BCUT2D eigenvalue weighted by molar-refractivity contribution is -0.188. The van der Waals surface area contributed by atoms with Crippen LogP contribution in [0.3, 0.4) is 0 Å². The molecule has 0 unspecified atom stereocenters. The number of piperazine rings is 1. The van der Waals surface area contributed by atoms with Gasteiger partial charge in [-0.15, -0.1) is 0 Å². The van der Waals surface area contributed by atoms with Crippen molar-refractivity contribution in [2.45, 2.75) is 77.0 Å². The molecule has 35 heavy (non-hydrogen) atoms. The number of carbonyl (C=O) groups is 3. The molecule has 4 rings (SSSR count). The molecule has 1 N–H and O–H groups in total. The van der Waals surface area contributed by atoms with E-state index < -0.39 is 12.2 Å². The highest BCUT2D eigenvalue weighted by molar-refractivity contribution is 5.91. The first-order chi connectivity index (χ1) is 16.9. The van der Waals surface area contributed by atoms with E-state index in [9.17, 15) is 18.8 Å². The summed E-state index contributed by atoms with van der Waals surface area (Å²) in [6, 6.07) is 5.13. The Hall–Kier alpha value is -2.68. The third-order valence-electron chi connectivity index (χ3n) is 7.54. The monoisotopic (exact) mass is 487 g/mol. The molecule has 2 aliphatic heterocycles. The lowest BCUT2D eigenvalue weighted by Crippen LogP contribution is -2.76. The molecule has 1 saturated carbocycles. The molecule has 4 amide bonds. The number of amides is 4. The second-order valence-electron chi connectivity index (χ2n) is 10.1. The van der Waals surface area contributed by atoms with Gasteiger partial charge in [-0.25, -0.2) is 19.2 Å². The summed E-state index contributed by atoms with van der Waals surface area (Å²) >= 11 is 0. The predicted molar refractivity (Wildman–Crippen MR) is 130 cm³/mol. The van der Waals surface area contributed by atoms with Gasteiger partial charge in [0.2, 0.25) is 11.8 Å². The Bertz CT molecular complexity index is 905. The molecule has 2 saturated heterocycles. The quantitative estimate of drug-likeness (QED) is 0.640.